The number of thioether (sulfide) groups is 1. The van der Waals surface area contributed by atoms with Gasteiger partial charge in [-0.15, -0.1) is 11.3 Å². The van der Waals surface area contributed by atoms with E-state index in [0.29, 0.717) is 5.70 Å². The number of aliphatic imine (C=N–C) groups is 1. The summed E-state index contributed by atoms with van der Waals surface area (Å²) < 4.78 is 0. The summed E-state index contributed by atoms with van der Waals surface area (Å²) in [6, 6.07) is 3.93. The Morgan fingerprint density at radius 3 is 3.19 bits per heavy atom. The zero-order chi connectivity index (χ0) is 11.4. The molecular weight excluding hydrogens is 240 g/mol. The third-order valence-corrected chi connectivity index (χ3v) is 3.84. The van der Waals surface area contributed by atoms with Gasteiger partial charge in [0.2, 0.25) is 0 Å². The molecule has 0 radical (unpaired) electrons. The molecule has 3 nitrogen and oxygen atoms in total. The Balaban J connectivity index is 2.10. The Morgan fingerprint density at radius 1 is 1.62 bits per heavy atom. The average molecular weight is 252 g/mol. The van der Waals surface area contributed by atoms with Gasteiger partial charge < -0.3 is 0 Å². The van der Waals surface area contributed by atoms with Crippen molar-refractivity contribution in [3.63, 3.8) is 0 Å². The molecular formula is C11H12N2OS2. The van der Waals surface area contributed by atoms with Gasteiger partial charge in [-0.05, 0) is 23.9 Å². The second-order valence-corrected chi connectivity index (χ2v) is 5.33. The monoisotopic (exact) mass is 252 g/mol. The van der Waals surface area contributed by atoms with Crippen LogP contribution in [0.2, 0.25) is 0 Å². The molecule has 1 aliphatic heterocycles. The van der Waals surface area contributed by atoms with E-state index < -0.39 is 0 Å². The van der Waals surface area contributed by atoms with Crippen LogP contribution in [0.15, 0.2) is 28.2 Å². The molecule has 0 unspecified atom stereocenters. The number of thiophene rings is 1. The van der Waals surface area contributed by atoms with Gasteiger partial charge in [0.25, 0.3) is 5.91 Å². The fourth-order valence-electron chi connectivity index (χ4n) is 1.22. The van der Waals surface area contributed by atoms with Crippen molar-refractivity contribution in [3.8, 4) is 0 Å². The fourth-order valence-corrected chi connectivity index (χ4v) is 2.60. The van der Waals surface area contributed by atoms with Crippen LogP contribution in [0.3, 0.4) is 0 Å². The predicted octanol–water partition coefficient (Wildman–Crippen LogP) is 2.72. The molecule has 16 heavy (non-hydrogen) atoms. The van der Waals surface area contributed by atoms with Crippen molar-refractivity contribution in [2.45, 2.75) is 13.3 Å². The summed E-state index contributed by atoms with van der Waals surface area (Å²) in [5, 5.41) is 5.46. The molecule has 0 aliphatic carbocycles. The molecule has 1 aromatic heterocycles. The molecule has 2 heterocycles. The Morgan fingerprint density at radius 2 is 2.50 bits per heavy atom. The van der Waals surface area contributed by atoms with E-state index in [1.807, 2.05) is 23.6 Å². The number of carbonyl (C=O) groups excluding carboxylic acids is 1. The van der Waals surface area contributed by atoms with Crippen LogP contribution in [0.1, 0.15) is 18.2 Å². The zero-order valence-corrected chi connectivity index (χ0v) is 10.5. The summed E-state index contributed by atoms with van der Waals surface area (Å²) in [5.74, 6) is 0.873. The summed E-state index contributed by atoms with van der Waals surface area (Å²) in [7, 11) is 0. The number of carbonyl (C=O) groups is 1. The molecule has 5 heteroatoms. The van der Waals surface area contributed by atoms with E-state index in [9.17, 15) is 4.79 Å². The average Bonchev–Trinajstić information content (AvgIpc) is 2.87. The first kappa shape index (κ1) is 11.4. The number of hydrogen-bond donors (Lipinski definition) is 1. The number of nitrogens with zero attached hydrogens (tertiary/aromatic N) is 1. The molecule has 0 aromatic carbocycles. The van der Waals surface area contributed by atoms with E-state index >= 15 is 0 Å². The summed E-state index contributed by atoms with van der Waals surface area (Å²) >= 11 is 3.18. The van der Waals surface area contributed by atoms with Crippen molar-refractivity contribution in [2.24, 2.45) is 4.99 Å². The third kappa shape index (κ3) is 2.74. The highest BCUT2D eigenvalue weighted by atomic mass is 32.2. The Kier molecular flexibility index (Phi) is 3.79. The minimum absolute atomic E-state index is 0.105. The zero-order valence-electron chi connectivity index (χ0n) is 8.90. The molecule has 1 amide bonds. The maximum atomic E-state index is 11.6. The Labute approximate surface area is 103 Å². The van der Waals surface area contributed by atoms with Crippen LogP contribution in [0.25, 0.3) is 6.08 Å². The van der Waals surface area contributed by atoms with Crippen molar-refractivity contribution in [1.82, 2.24) is 5.32 Å². The number of amidine groups is 1. The van der Waals surface area contributed by atoms with E-state index in [1.165, 1.54) is 0 Å². The molecule has 84 valence electrons. The molecule has 2 rings (SSSR count). The molecule has 0 fully saturated rings. The Hall–Kier alpha value is -1.07. The van der Waals surface area contributed by atoms with Gasteiger partial charge >= 0.3 is 0 Å². The summed E-state index contributed by atoms with van der Waals surface area (Å²) in [6.45, 7) is 2.10. The maximum absolute atomic E-state index is 11.6. The van der Waals surface area contributed by atoms with Crippen molar-refractivity contribution in [2.75, 3.05) is 5.75 Å². The highest BCUT2D eigenvalue weighted by molar-refractivity contribution is 8.13. The first-order chi connectivity index (χ1) is 7.79. The van der Waals surface area contributed by atoms with Gasteiger partial charge in [0.15, 0.2) is 5.17 Å². The first-order valence-electron chi connectivity index (χ1n) is 5.07. The number of amides is 1. The highest BCUT2D eigenvalue weighted by Gasteiger charge is 2.19. The van der Waals surface area contributed by atoms with Crippen LogP contribution in [0.5, 0.6) is 0 Å². The van der Waals surface area contributed by atoms with E-state index in [2.05, 4.69) is 17.2 Å². The van der Waals surface area contributed by atoms with Crippen molar-refractivity contribution in [1.29, 1.82) is 0 Å². The normalized spacial score (nSPS) is 17.7. The minimum Gasteiger partial charge on any atom is -0.300 e. The second kappa shape index (κ2) is 5.32. The number of rotatable bonds is 3. The minimum atomic E-state index is -0.105. The lowest BCUT2D eigenvalue weighted by Crippen LogP contribution is -2.21. The van der Waals surface area contributed by atoms with Gasteiger partial charge in [-0.1, -0.05) is 24.8 Å². The van der Waals surface area contributed by atoms with E-state index in [1.54, 1.807) is 23.1 Å². The highest BCUT2D eigenvalue weighted by Crippen LogP contribution is 2.19. The van der Waals surface area contributed by atoms with E-state index in [0.717, 1.165) is 22.2 Å². The van der Waals surface area contributed by atoms with Gasteiger partial charge in [-0.3, -0.25) is 10.1 Å². The SMILES string of the molecule is CCCSC1=N/C(=C\c2cccs2)C(=O)N1. The lowest BCUT2D eigenvalue weighted by Gasteiger charge is -1.95. The molecule has 0 bridgehead atoms. The molecule has 0 saturated carbocycles. The summed E-state index contributed by atoms with van der Waals surface area (Å²) in [4.78, 5) is 16.9. The number of hydrogen-bond acceptors (Lipinski definition) is 4. The Bertz CT molecular complexity index is 435. The maximum Gasteiger partial charge on any atom is 0.275 e. The van der Waals surface area contributed by atoms with Crippen molar-refractivity contribution >= 4 is 40.2 Å². The van der Waals surface area contributed by atoms with Gasteiger partial charge in [-0.25, -0.2) is 4.99 Å². The van der Waals surface area contributed by atoms with Crippen molar-refractivity contribution in [3.05, 3.63) is 28.1 Å². The lowest BCUT2D eigenvalue weighted by atomic mass is 10.3. The molecule has 0 saturated heterocycles. The predicted molar refractivity (Wildman–Crippen MR) is 70.6 cm³/mol. The summed E-state index contributed by atoms with van der Waals surface area (Å²) in [5.41, 5.74) is 0.501. The van der Waals surface area contributed by atoms with Crippen LogP contribution in [0.4, 0.5) is 0 Å². The largest absolute Gasteiger partial charge is 0.300 e. The molecule has 0 atom stereocenters. The first-order valence-corrected chi connectivity index (χ1v) is 6.94. The van der Waals surface area contributed by atoms with Crippen molar-refractivity contribution < 1.29 is 4.79 Å². The molecule has 1 aliphatic rings. The van der Waals surface area contributed by atoms with E-state index in [-0.39, 0.29) is 5.91 Å². The van der Waals surface area contributed by atoms with Crippen LogP contribution in [-0.4, -0.2) is 16.8 Å². The van der Waals surface area contributed by atoms with Gasteiger partial charge in [-0.2, -0.15) is 0 Å². The van der Waals surface area contributed by atoms with Gasteiger partial charge in [0.05, 0.1) is 0 Å². The van der Waals surface area contributed by atoms with E-state index in [4.69, 9.17) is 0 Å². The fraction of sp³-hybridized carbons (Fsp3) is 0.273. The number of nitrogens with one attached hydrogen (secondary N) is 1. The van der Waals surface area contributed by atoms with Gasteiger partial charge in [0.1, 0.15) is 5.70 Å². The molecule has 1 aromatic rings. The van der Waals surface area contributed by atoms with Gasteiger partial charge in [0, 0.05) is 10.6 Å². The molecule has 0 spiro atoms. The molecule has 1 N–H and O–H groups in total. The quantitative estimate of drug-likeness (QED) is 0.840. The third-order valence-electron chi connectivity index (χ3n) is 1.94. The topological polar surface area (TPSA) is 41.5 Å². The standard InChI is InChI=1S/C11H12N2OS2/c1-2-5-16-11-12-9(10(14)13-11)7-8-4-3-6-15-8/h3-4,6-7H,2,5H2,1H3,(H,12,13,14)/b9-7-. The second-order valence-electron chi connectivity index (χ2n) is 3.26. The van der Waals surface area contributed by atoms with Crippen LogP contribution >= 0.6 is 23.1 Å². The van der Waals surface area contributed by atoms with Crippen LogP contribution in [0, 0.1) is 0 Å². The summed E-state index contributed by atoms with van der Waals surface area (Å²) in [6.07, 6.45) is 2.89. The van der Waals surface area contributed by atoms with Crippen LogP contribution < -0.4 is 5.32 Å². The lowest BCUT2D eigenvalue weighted by molar-refractivity contribution is -0.115. The van der Waals surface area contributed by atoms with Crippen LogP contribution in [-0.2, 0) is 4.79 Å². The smallest absolute Gasteiger partial charge is 0.275 e.